The molecule has 0 saturated heterocycles. The van der Waals surface area contributed by atoms with Crippen LogP contribution in [0.1, 0.15) is 30.5 Å². The molecule has 0 amide bonds. The van der Waals surface area contributed by atoms with E-state index in [1.807, 2.05) is 24.3 Å². The summed E-state index contributed by atoms with van der Waals surface area (Å²) in [6.07, 6.45) is 1.76. The predicted octanol–water partition coefficient (Wildman–Crippen LogP) is 5.42. The molecular formula is C17H18Cl2FN. The average molecular weight is 326 g/mol. The van der Waals surface area contributed by atoms with Gasteiger partial charge in [0, 0.05) is 11.1 Å². The van der Waals surface area contributed by atoms with Crippen molar-refractivity contribution < 1.29 is 4.39 Å². The molecule has 112 valence electrons. The van der Waals surface area contributed by atoms with Crippen molar-refractivity contribution in [2.75, 3.05) is 6.54 Å². The van der Waals surface area contributed by atoms with Crippen molar-refractivity contribution in [3.05, 3.63) is 69.5 Å². The molecule has 0 radical (unpaired) electrons. The minimum absolute atomic E-state index is 0.0583. The summed E-state index contributed by atoms with van der Waals surface area (Å²) in [5.74, 6) is -0.396. The van der Waals surface area contributed by atoms with Crippen LogP contribution in [0.2, 0.25) is 10.0 Å². The van der Waals surface area contributed by atoms with Gasteiger partial charge in [-0.2, -0.15) is 0 Å². The van der Waals surface area contributed by atoms with Gasteiger partial charge in [0.15, 0.2) is 0 Å². The van der Waals surface area contributed by atoms with Crippen LogP contribution in [0.3, 0.4) is 0 Å². The Labute approximate surface area is 135 Å². The highest BCUT2D eigenvalue weighted by Gasteiger charge is 2.14. The van der Waals surface area contributed by atoms with Crippen LogP contribution < -0.4 is 5.32 Å². The van der Waals surface area contributed by atoms with Crippen molar-refractivity contribution in [3.8, 4) is 0 Å². The van der Waals surface area contributed by atoms with Gasteiger partial charge in [-0.05, 0) is 48.7 Å². The van der Waals surface area contributed by atoms with Gasteiger partial charge in [-0.1, -0.05) is 54.4 Å². The number of rotatable bonds is 6. The molecule has 0 aliphatic rings. The van der Waals surface area contributed by atoms with Crippen LogP contribution in [-0.4, -0.2) is 6.54 Å². The summed E-state index contributed by atoms with van der Waals surface area (Å²) < 4.78 is 13.3. The Bertz CT molecular complexity index is 601. The fourth-order valence-electron chi connectivity index (χ4n) is 2.24. The van der Waals surface area contributed by atoms with E-state index in [9.17, 15) is 4.39 Å². The van der Waals surface area contributed by atoms with Gasteiger partial charge < -0.3 is 5.32 Å². The molecule has 4 heteroatoms. The summed E-state index contributed by atoms with van der Waals surface area (Å²) in [5, 5.41) is 4.36. The maximum Gasteiger partial charge on any atom is 0.141 e. The summed E-state index contributed by atoms with van der Waals surface area (Å²) in [4.78, 5) is 0. The lowest BCUT2D eigenvalue weighted by molar-refractivity contribution is 0.527. The minimum Gasteiger partial charge on any atom is -0.310 e. The van der Waals surface area contributed by atoms with Crippen molar-refractivity contribution >= 4 is 23.2 Å². The number of halogens is 3. The molecular weight excluding hydrogens is 308 g/mol. The fraction of sp³-hybridized carbons (Fsp3) is 0.294. The average Bonchev–Trinajstić information content (AvgIpc) is 2.48. The molecule has 1 atom stereocenters. The van der Waals surface area contributed by atoms with Crippen LogP contribution in [0, 0.1) is 5.82 Å². The molecule has 2 rings (SSSR count). The Balaban J connectivity index is 2.25. The van der Waals surface area contributed by atoms with E-state index in [0.717, 1.165) is 35.5 Å². The molecule has 0 aliphatic carbocycles. The first-order valence-electron chi connectivity index (χ1n) is 7.03. The topological polar surface area (TPSA) is 12.0 Å². The number of hydrogen-bond acceptors (Lipinski definition) is 1. The molecule has 1 unspecified atom stereocenters. The second-order valence-electron chi connectivity index (χ2n) is 4.98. The van der Waals surface area contributed by atoms with Gasteiger partial charge in [0.1, 0.15) is 5.82 Å². The molecule has 0 saturated carbocycles. The summed E-state index contributed by atoms with van der Waals surface area (Å²) in [5.41, 5.74) is 2.03. The summed E-state index contributed by atoms with van der Waals surface area (Å²) in [7, 11) is 0. The predicted molar refractivity (Wildman–Crippen MR) is 87.6 cm³/mol. The number of benzene rings is 2. The summed E-state index contributed by atoms with van der Waals surface area (Å²) >= 11 is 12.1. The van der Waals surface area contributed by atoms with E-state index in [2.05, 4.69) is 12.2 Å². The standard InChI is InChI=1S/C17H18Cl2FN/c1-2-9-21-17(11-12-5-3-4-6-14(12)18)13-7-8-16(20)15(19)10-13/h3-8,10,17,21H,2,9,11H2,1H3. The molecule has 21 heavy (non-hydrogen) atoms. The van der Waals surface area contributed by atoms with Crippen LogP contribution >= 0.6 is 23.2 Å². The van der Waals surface area contributed by atoms with Crippen LogP contribution in [0.5, 0.6) is 0 Å². The second kappa shape index (κ2) is 7.79. The molecule has 0 spiro atoms. The first kappa shape index (κ1) is 16.3. The van der Waals surface area contributed by atoms with E-state index in [1.165, 1.54) is 6.07 Å². The van der Waals surface area contributed by atoms with E-state index < -0.39 is 5.82 Å². The largest absolute Gasteiger partial charge is 0.310 e. The Hall–Kier alpha value is -1.09. The Morgan fingerprint density at radius 2 is 1.86 bits per heavy atom. The van der Waals surface area contributed by atoms with Crippen molar-refractivity contribution in [1.82, 2.24) is 5.32 Å². The Morgan fingerprint density at radius 1 is 1.10 bits per heavy atom. The zero-order valence-corrected chi connectivity index (χ0v) is 13.4. The van der Waals surface area contributed by atoms with Crippen LogP contribution in [0.4, 0.5) is 4.39 Å². The molecule has 2 aromatic carbocycles. The highest BCUT2D eigenvalue weighted by Crippen LogP contribution is 2.26. The van der Waals surface area contributed by atoms with E-state index in [4.69, 9.17) is 23.2 Å². The Morgan fingerprint density at radius 3 is 2.52 bits per heavy atom. The fourth-order valence-corrected chi connectivity index (χ4v) is 2.64. The van der Waals surface area contributed by atoms with Gasteiger partial charge in [-0.15, -0.1) is 0 Å². The maximum atomic E-state index is 13.3. The number of hydrogen-bond donors (Lipinski definition) is 1. The van der Waals surface area contributed by atoms with Crippen LogP contribution in [0.15, 0.2) is 42.5 Å². The third-order valence-electron chi connectivity index (χ3n) is 3.37. The Kier molecular flexibility index (Phi) is 6.04. The van der Waals surface area contributed by atoms with Gasteiger partial charge in [0.25, 0.3) is 0 Å². The van der Waals surface area contributed by atoms with E-state index >= 15 is 0 Å². The molecule has 0 aromatic heterocycles. The first-order chi connectivity index (χ1) is 10.1. The monoisotopic (exact) mass is 325 g/mol. The zero-order chi connectivity index (χ0) is 15.2. The highest BCUT2D eigenvalue weighted by molar-refractivity contribution is 6.31. The number of nitrogens with one attached hydrogen (secondary N) is 1. The van der Waals surface area contributed by atoms with Crippen molar-refractivity contribution in [1.29, 1.82) is 0 Å². The SMILES string of the molecule is CCCNC(Cc1ccccc1Cl)c1ccc(F)c(Cl)c1. The zero-order valence-electron chi connectivity index (χ0n) is 11.9. The summed E-state index contributed by atoms with van der Waals surface area (Å²) in [6, 6.07) is 12.7. The lowest BCUT2D eigenvalue weighted by Gasteiger charge is -2.20. The first-order valence-corrected chi connectivity index (χ1v) is 7.79. The van der Waals surface area contributed by atoms with Crippen LogP contribution in [-0.2, 0) is 6.42 Å². The van der Waals surface area contributed by atoms with Gasteiger partial charge in [-0.25, -0.2) is 4.39 Å². The third kappa shape index (κ3) is 4.44. The summed E-state index contributed by atoms with van der Waals surface area (Å²) in [6.45, 7) is 2.99. The smallest absolute Gasteiger partial charge is 0.141 e. The van der Waals surface area contributed by atoms with E-state index in [-0.39, 0.29) is 11.1 Å². The van der Waals surface area contributed by atoms with Crippen molar-refractivity contribution in [2.45, 2.75) is 25.8 Å². The highest BCUT2D eigenvalue weighted by atomic mass is 35.5. The normalized spacial score (nSPS) is 12.4. The van der Waals surface area contributed by atoms with Crippen molar-refractivity contribution in [2.24, 2.45) is 0 Å². The minimum atomic E-state index is -0.396. The maximum absolute atomic E-state index is 13.3. The molecule has 1 N–H and O–H groups in total. The van der Waals surface area contributed by atoms with E-state index in [0.29, 0.717) is 0 Å². The van der Waals surface area contributed by atoms with Crippen molar-refractivity contribution in [3.63, 3.8) is 0 Å². The van der Waals surface area contributed by atoms with E-state index in [1.54, 1.807) is 12.1 Å². The lowest BCUT2D eigenvalue weighted by atomic mass is 9.98. The van der Waals surface area contributed by atoms with Gasteiger partial charge in [0.2, 0.25) is 0 Å². The lowest BCUT2D eigenvalue weighted by Crippen LogP contribution is -2.24. The quantitative estimate of drug-likeness (QED) is 0.748. The van der Waals surface area contributed by atoms with Gasteiger partial charge in [0.05, 0.1) is 5.02 Å². The molecule has 0 heterocycles. The molecule has 0 bridgehead atoms. The molecule has 2 aromatic rings. The third-order valence-corrected chi connectivity index (χ3v) is 4.03. The molecule has 1 nitrogen and oxygen atoms in total. The van der Waals surface area contributed by atoms with Gasteiger partial charge >= 0.3 is 0 Å². The molecule has 0 aliphatic heterocycles. The molecule has 0 fully saturated rings. The second-order valence-corrected chi connectivity index (χ2v) is 5.79. The van der Waals surface area contributed by atoms with Crippen LogP contribution in [0.25, 0.3) is 0 Å². The van der Waals surface area contributed by atoms with Gasteiger partial charge in [-0.3, -0.25) is 0 Å².